The summed E-state index contributed by atoms with van der Waals surface area (Å²) in [5.41, 5.74) is 0. The molecule has 0 unspecified atom stereocenters. The maximum Gasteiger partial charge on any atom is 0.136 e. The van der Waals surface area contributed by atoms with Crippen LogP contribution >= 0.6 is 0 Å². The van der Waals surface area contributed by atoms with Crippen LogP contribution in [-0.2, 0) is 9.59 Å². The molecule has 0 saturated heterocycles. The van der Waals surface area contributed by atoms with Gasteiger partial charge in [-0.1, -0.05) is 19.4 Å². The fourth-order valence-electron chi connectivity index (χ4n) is 1.26. The lowest BCUT2D eigenvalue weighted by molar-refractivity contribution is -0.119. The van der Waals surface area contributed by atoms with Crippen molar-refractivity contribution in [3.63, 3.8) is 0 Å². The Morgan fingerprint density at radius 2 is 1.64 bits per heavy atom. The molecule has 0 saturated carbocycles. The minimum absolute atomic E-state index is 0.252. The maximum absolute atomic E-state index is 11.1. The first-order valence-electron chi connectivity index (χ1n) is 5.35. The van der Waals surface area contributed by atoms with Gasteiger partial charge in [0, 0.05) is 25.7 Å². The van der Waals surface area contributed by atoms with Crippen molar-refractivity contribution in [3.05, 3.63) is 12.7 Å². The molecule has 0 rings (SSSR count). The second-order valence-corrected chi connectivity index (χ2v) is 3.48. The van der Waals surface area contributed by atoms with Crippen molar-refractivity contribution in [1.29, 1.82) is 0 Å². The van der Waals surface area contributed by atoms with Gasteiger partial charge in [0.05, 0.1) is 0 Å². The first kappa shape index (κ1) is 13.1. The summed E-state index contributed by atoms with van der Waals surface area (Å²) in [5, 5.41) is 0. The second kappa shape index (κ2) is 8.67. The molecule has 0 radical (unpaired) electrons. The van der Waals surface area contributed by atoms with Crippen LogP contribution in [0.15, 0.2) is 12.7 Å². The molecule has 0 amide bonds. The van der Waals surface area contributed by atoms with Crippen LogP contribution in [0.1, 0.15) is 51.9 Å². The number of rotatable bonds is 9. The zero-order chi connectivity index (χ0) is 10.8. The molecular formula is C12H20O2. The molecule has 0 heterocycles. The molecule has 0 fully saturated rings. The molecule has 0 aromatic carbocycles. The van der Waals surface area contributed by atoms with E-state index in [0.29, 0.717) is 31.5 Å². The molecule has 0 aromatic heterocycles. The molecule has 2 heteroatoms. The summed E-state index contributed by atoms with van der Waals surface area (Å²) in [6.07, 6.45) is 6.87. The minimum Gasteiger partial charge on any atom is -0.300 e. The van der Waals surface area contributed by atoms with Crippen molar-refractivity contribution in [3.8, 4) is 0 Å². The normalized spacial score (nSPS) is 9.79. The number of allylic oxidation sites excluding steroid dienone is 1. The number of carbonyl (C=O) groups excluding carboxylic acids is 2. The molecule has 0 N–H and O–H groups in total. The van der Waals surface area contributed by atoms with E-state index in [1.807, 2.05) is 6.92 Å². The van der Waals surface area contributed by atoms with E-state index < -0.39 is 0 Å². The molecule has 0 spiro atoms. The van der Waals surface area contributed by atoms with E-state index >= 15 is 0 Å². The van der Waals surface area contributed by atoms with Crippen molar-refractivity contribution < 1.29 is 9.59 Å². The predicted octanol–water partition coefficient (Wildman–Crippen LogP) is 3.06. The zero-order valence-electron chi connectivity index (χ0n) is 9.05. The van der Waals surface area contributed by atoms with Crippen molar-refractivity contribution in [2.24, 2.45) is 0 Å². The van der Waals surface area contributed by atoms with Crippen LogP contribution in [0, 0.1) is 0 Å². The van der Waals surface area contributed by atoms with Gasteiger partial charge in [-0.05, 0) is 12.8 Å². The summed E-state index contributed by atoms with van der Waals surface area (Å²) in [4.78, 5) is 22.0. The third-order valence-electron chi connectivity index (χ3n) is 2.18. The van der Waals surface area contributed by atoms with Crippen LogP contribution in [0.3, 0.4) is 0 Å². The molecule has 0 aliphatic rings. The predicted molar refractivity (Wildman–Crippen MR) is 58.2 cm³/mol. The van der Waals surface area contributed by atoms with Gasteiger partial charge in [0.15, 0.2) is 0 Å². The van der Waals surface area contributed by atoms with E-state index in [-0.39, 0.29) is 5.78 Å². The van der Waals surface area contributed by atoms with Crippen LogP contribution in [0.4, 0.5) is 0 Å². The van der Waals surface area contributed by atoms with E-state index in [4.69, 9.17) is 0 Å². The molecule has 0 aliphatic carbocycles. The lowest BCUT2D eigenvalue weighted by Crippen LogP contribution is -1.97. The van der Waals surface area contributed by atoms with Crippen LogP contribution in [0.25, 0.3) is 0 Å². The van der Waals surface area contributed by atoms with Gasteiger partial charge in [-0.3, -0.25) is 9.59 Å². The van der Waals surface area contributed by atoms with Gasteiger partial charge in [0.1, 0.15) is 11.6 Å². The van der Waals surface area contributed by atoms with Crippen molar-refractivity contribution >= 4 is 11.6 Å². The number of unbranched alkanes of at least 4 members (excludes halogenated alkanes) is 2. The Morgan fingerprint density at radius 1 is 1.07 bits per heavy atom. The zero-order valence-corrected chi connectivity index (χ0v) is 9.05. The molecule has 0 atom stereocenters. The van der Waals surface area contributed by atoms with Gasteiger partial charge in [-0.15, -0.1) is 6.58 Å². The SMILES string of the molecule is C=CCC(=O)CCCCCC(=O)CC. The van der Waals surface area contributed by atoms with Crippen LogP contribution in [0.2, 0.25) is 0 Å². The van der Waals surface area contributed by atoms with Crippen molar-refractivity contribution in [2.45, 2.75) is 51.9 Å². The highest BCUT2D eigenvalue weighted by atomic mass is 16.1. The lowest BCUT2D eigenvalue weighted by atomic mass is 10.1. The number of carbonyl (C=O) groups is 2. The first-order chi connectivity index (χ1) is 6.70. The monoisotopic (exact) mass is 196 g/mol. The topological polar surface area (TPSA) is 34.1 Å². The second-order valence-electron chi connectivity index (χ2n) is 3.48. The van der Waals surface area contributed by atoms with Gasteiger partial charge in [0.25, 0.3) is 0 Å². The van der Waals surface area contributed by atoms with E-state index in [9.17, 15) is 9.59 Å². The van der Waals surface area contributed by atoms with Gasteiger partial charge in [-0.2, -0.15) is 0 Å². The highest BCUT2D eigenvalue weighted by molar-refractivity contribution is 5.79. The summed E-state index contributed by atoms with van der Waals surface area (Å²) in [7, 11) is 0. The lowest BCUT2D eigenvalue weighted by Gasteiger charge is -1.99. The Kier molecular flexibility index (Phi) is 8.10. The highest BCUT2D eigenvalue weighted by Crippen LogP contribution is 2.06. The minimum atomic E-state index is 0.252. The van der Waals surface area contributed by atoms with E-state index in [2.05, 4.69) is 6.58 Å². The maximum atomic E-state index is 11.1. The fraction of sp³-hybridized carbons (Fsp3) is 0.667. The largest absolute Gasteiger partial charge is 0.300 e. The Morgan fingerprint density at radius 3 is 2.14 bits per heavy atom. The van der Waals surface area contributed by atoms with Gasteiger partial charge >= 0.3 is 0 Å². The molecule has 14 heavy (non-hydrogen) atoms. The van der Waals surface area contributed by atoms with Crippen molar-refractivity contribution in [2.75, 3.05) is 0 Å². The summed E-state index contributed by atoms with van der Waals surface area (Å²) in [6, 6.07) is 0. The van der Waals surface area contributed by atoms with Gasteiger partial charge < -0.3 is 0 Å². The molecular weight excluding hydrogens is 176 g/mol. The van der Waals surface area contributed by atoms with Crippen molar-refractivity contribution in [1.82, 2.24) is 0 Å². The summed E-state index contributed by atoms with van der Waals surface area (Å²) in [6.45, 7) is 5.40. The smallest absolute Gasteiger partial charge is 0.136 e. The quantitative estimate of drug-likeness (QED) is 0.419. The summed E-state index contributed by atoms with van der Waals surface area (Å²) < 4.78 is 0. The van der Waals surface area contributed by atoms with Gasteiger partial charge in [-0.25, -0.2) is 0 Å². The van der Waals surface area contributed by atoms with Gasteiger partial charge in [0.2, 0.25) is 0 Å². The fourth-order valence-corrected chi connectivity index (χ4v) is 1.26. The molecule has 0 bridgehead atoms. The number of hydrogen-bond donors (Lipinski definition) is 0. The van der Waals surface area contributed by atoms with Crippen LogP contribution in [0.5, 0.6) is 0 Å². The Bertz CT molecular complexity index is 194. The summed E-state index contributed by atoms with van der Waals surface area (Å²) >= 11 is 0. The average Bonchev–Trinajstić information content (AvgIpc) is 2.17. The third kappa shape index (κ3) is 7.71. The molecule has 0 aliphatic heterocycles. The molecule has 80 valence electrons. The number of ketones is 2. The Balaban J connectivity index is 3.25. The summed E-state index contributed by atoms with van der Waals surface area (Å²) in [5.74, 6) is 0.573. The van der Waals surface area contributed by atoms with E-state index in [0.717, 1.165) is 19.3 Å². The van der Waals surface area contributed by atoms with E-state index in [1.54, 1.807) is 6.08 Å². The van der Waals surface area contributed by atoms with Crippen LogP contribution < -0.4 is 0 Å². The van der Waals surface area contributed by atoms with E-state index in [1.165, 1.54) is 0 Å². The number of hydrogen-bond acceptors (Lipinski definition) is 2. The Labute approximate surface area is 86.4 Å². The van der Waals surface area contributed by atoms with Crippen LogP contribution in [-0.4, -0.2) is 11.6 Å². The highest BCUT2D eigenvalue weighted by Gasteiger charge is 2.00. The average molecular weight is 196 g/mol. The number of Topliss-reactive ketones (excluding diaryl/α,β-unsaturated/α-hetero) is 2. The first-order valence-corrected chi connectivity index (χ1v) is 5.35. The molecule has 0 aromatic rings. The molecule has 2 nitrogen and oxygen atoms in total. The third-order valence-corrected chi connectivity index (χ3v) is 2.18. The Hall–Kier alpha value is -0.920. The standard InChI is InChI=1S/C12H20O2/c1-3-8-12(14)10-7-5-6-9-11(13)4-2/h3H,1,4-10H2,2H3.